The van der Waals surface area contributed by atoms with Crippen LogP contribution in [0.15, 0.2) is 60.9 Å². The highest BCUT2D eigenvalue weighted by Crippen LogP contribution is 2.27. The molecule has 2 aromatic carbocycles. The molecule has 0 unspecified atom stereocenters. The molecule has 0 radical (unpaired) electrons. The smallest absolute Gasteiger partial charge is 0.0425 e. The van der Waals surface area contributed by atoms with Gasteiger partial charge in [0.2, 0.25) is 0 Å². The SMILES string of the molecule is Nc1ccc(NCc2ccccc2)c2ccncc12. The van der Waals surface area contributed by atoms with Crippen molar-refractivity contribution >= 4 is 22.1 Å². The summed E-state index contributed by atoms with van der Waals surface area (Å²) in [6, 6.07) is 16.2. The van der Waals surface area contributed by atoms with Gasteiger partial charge in [0.15, 0.2) is 0 Å². The largest absolute Gasteiger partial charge is 0.398 e. The van der Waals surface area contributed by atoms with Gasteiger partial charge in [-0.1, -0.05) is 30.3 Å². The van der Waals surface area contributed by atoms with Crippen LogP contribution < -0.4 is 11.1 Å². The predicted molar refractivity (Wildman–Crippen MR) is 79.9 cm³/mol. The van der Waals surface area contributed by atoms with Gasteiger partial charge < -0.3 is 11.1 Å². The number of nitrogen functional groups attached to an aromatic ring is 1. The number of nitrogens with one attached hydrogen (secondary N) is 1. The van der Waals surface area contributed by atoms with E-state index < -0.39 is 0 Å². The van der Waals surface area contributed by atoms with E-state index in [2.05, 4.69) is 22.4 Å². The van der Waals surface area contributed by atoms with E-state index in [0.29, 0.717) is 0 Å². The fraction of sp³-hybridized carbons (Fsp3) is 0.0625. The normalized spacial score (nSPS) is 10.5. The third-order valence-electron chi connectivity index (χ3n) is 3.18. The van der Waals surface area contributed by atoms with Gasteiger partial charge >= 0.3 is 0 Å². The van der Waals surface area contributed by atoms with Crippen LogP contribution in [0.5, 0.6) is 0 Å². The number of benzene rings is 2. The molecule has 0 fully saturated rings. The summed E-state index contributed by atoms with van der Waals surface area (Å²) in [6.07, 6.45) is 3.59. The molecule has 0 aliphatic heterocycles. The zero-order chi connectivity index (χ0) is 13.1. The van der Waals surface area contributed by atoms with Crippen molar-refractivity contribution in [1.29, 1.82) is 0 Å². The second-order valence-corrected chi connectivity index (χ2v) is 4.46. The molecule has 3 heteroatoms. The first-order chi connectivity index (χ1) is 9.34. The van der Waals surface area contributed by atoms with Crippen LogP contribution in [-0.2, 0) is 6.54 Å². The summed E-state index contributed by atoms with van der Waals surface area (Å²) >= 11 is 0. The number of fused-ring (bicyclic) bond motifs is 1. The molecule has 3 nitrogen and oxygen atoms in total. The monoisotopic (exact) mass is 249 g/mol. The average Bonchev–Trinajstić information content (AvgIpc) is 2.48. The van der Waals surface area contributed by atoms with E-state index in [4.69, 9.17) is 5.73 Å². The van der Waals surface area contributed by atoms with Gasteiger partial charge in [0.25, 0.3) is 0 Å². The highest BCUT2D eigenvalue weighted by atomic mass is 14.9. The molecular formula is C16H15N3. The van der Waals surface area contributed by atoms with Gasteiger partial charge in [-0.3, -0.25) is 4.98 Å². The Morgan fingerprint density at radius 3 is 2.63 bits per heavy atom. The van der Waals surface area contributed by atoms with Gasteiger partial charge in [0, 0.05) is 41.1 Å². The predicted octanol–water partition coefficient (Wildman–Crippen LogP) is 3.43. The molecule has 1 heterocycles. The second-order valence-electron chi connectivity index (χ2n) is 4.46. The maximum atomic E-state index is 5.96. The van der Waals surface area contributed by atoms with Gasteiger partial charge in [0.1, 0.15) is 0 Å². The van der Waals surface area contributed by atoms with Crippen molar-refractivity contribution < 1.29 is 0 Å². The topological polar surface area (TPSA) is 50.9 Å². The Balaban J connectivity index is 1.91. The fourth-order valence-corrected chi connectivity index (χ4v) is 2.16. The number of pyridine rings is 1. The van der Waals surface area contributed by atoms with E-state index in [1.165, 1.54) is 5.56 Å². The second kappa shape index (κ2) is 4.98. The summed E-state index contributed by atoms with van der Waals surface area (Å²) in [6.45, 7) is 0.794. The van der Waals surface area contributed by atoms with E-state index in [1.807, 2.05) is 36.4 Å². The first kappa shape index (κ1) is 11.5. The van der Waals surface area contributed by atoms with Crippen LogP contribution in [-0.4, -0.2) is 4.98 Å². The lowest BCUT2D eigenvalue weighted by Crippen LogP contribution is -2.00. The molecule has 1 aromatic heterocycles. The first-order valence-corrected chi connectivity index (χ1v) is 6.24. The van der Waals surface area contributed by atoms with E-state index in [-0.39, 0.29) is 0 Å². The van der Waals surface area contributed by atoms with Crippen molar-refractivity contribution in [2.45, 2.75) is 6.54 Å². The van der Waals surface area contributed by atoms with Crippen LogP contribution in [0.3, 0.4) is 0 Å². The van der Waals surface area contributed by atoms with E-state index in [0.717, 1.165) is 28.7 Å². The summed E-state index contributed by atoms with van der Waals surface area (Å²) in [5.41, 5.74) is 9.05. The van der Waals surface area contributed by atoms with Crippen LogP contribution in [0.2, 0.25) is 0 Å². The molecule has 0 aliphatic carbocycles. The molecule has 3 N–H and O–H groups in total. The van der Waals surface area contributed by atoms with Gasteiger partial charge in [-0.05, 0) is 23.8 Å². The van der Waals surface area contributed by atoms with Gasteiger partial charge in [-0.25, -0.2) is 0 Å². The molecule has 0 spiro atoms. The summed E-state index contributed by atoms with van der Waals surface area (Å²) in [7, 11) is 0. The zero-order valence-electron chi connectivity index (χ0n) is 10.5. The number of hydrogen-bond donors (Lipinski definition) is 2. The van der Waals surface area contributed by atoms with Gasteiger partial charge in [-0.15, -0.1) is 0 Å². The van der Waals surface area contributed by atoms with Crippen molar-refractivity contribution in [2.75, 3.05) is 11.1 Å². The quantitative estimate of drug-likeness (QED) is 0.699. The van der Waals surface area contributed by atoms with Crippen LogP contribution in [0.1, 0.15) is 5.56 Å². The molecule has 94 valence electrons. The van der Waals surface area contributed by atoms with E-state index >= 15 is 0 Å². The van der Waals surface area contributed by atoms with Crippen LogP contribution >= 0.6 is 0 Å². The van der Waals surface area contributed by atoms with Crippen molar-refractivity contribution in [2.24, 2.45) is 0 Å². The number of nitrogens with zero attached hydrogens (tertiary/aromatic N) is 1. The molecule has 3 aromatic rings. The van der Waals surface area contributed by atoms with Gasteiger partial charge in [0.05, 0.1) is 0 Å². The summed E-state index contributed by atoms with van der Waals surface area (Å²) in [4.78, 5) is 4.13. The standard InChI is InChI=1S/C16H15N3/c17-15-6-7-16(13-8-9-18-11-14(13)15)19-10-12-4-2-1-3-5-12/h1-9,11,19H,10,17H2. The minimum absolute atomic E-state index is 0.758. The minimum atomic E-state index is 0.758. The highest BCUT2D eigenvalue weighted by Gasteiger charge is 2.03. The number of nitrogens with two attached hydrogens (primary N) is 1. The lowest BCUT2D eigenvalue weighted by molar-refractivity contribution is 1.15. The third kappa shape index (κ3) is 2.36. The molecule has 0 amide bonds. The molecule has 19 heavy (non-hydrogen) atoms. The van der Waals surface area contributed by atoms with E-state index in [1.54, 1.807) is 12.4 Å². The Morgan fingerprint density at radius 2 is 1.79 bits per heavy atom. The third-order valence-corrected chi connectivity index (χ3v) is 3.18. The van der Waals surface area contributed by atoms with Crippen LogP contribution in [0, 0.1) is 0 Å². The van der Waals surface area contributed by atoms with Gasteiger partial charge in [-0.2, -0.15) is 0 Å². The maximum Gasteiger partial charge on any atom is 0.0425 e. The molecule has 0 saturated carbocycles. The summed E-state index contributed by atoms with van der Waals surface area (Å²) in [5, 5.41) is 5.54. The lowest BCUT2D eigenvalue weighted by atomic mass is 10.1. The Kier molecular flexibility index (Phi) is 3.02. The van der Waals surface area contributed by atoms with Crippen molar-refractivity contribution in [3.8, 4) is 0 Å². The Hall–Kier alpha value is -2.55. The van der Waals surface area contributed by atoms with Crippen molar-refractivity contribution in [3.63, 3.8) is 0 Å². The van der Waals surface area contributed by atoms with Crippen molar-refractivity contribution in [1.82, 2.24) is 4.98 Å². The number of aromatic nitrogens is 1. The fourth-order valence-electron chi connectivity index (χ4n) is 2.16. The summed E-state index contributed by atoms with van der Waals surface area (Å²) in [5.74, 6) is 0. The molecule has 0 atom stereocenters. The lowest BCUT2D eigenvalue weighted by Gasteiger charge is -2.11. The average molecular weight is 249 g/mol. The van der Waals surface area contributed by atoms with Crippen molar-refractivity contribution in [3.05, 3.63) is 66.5 Å². The molecule has 0 saturated heterocycles. The Morgan fingerprint density at radius 1 is 0.947 bits per heavy atom. The van der Waals surface area contributed by atoms with Crippen LogP contribution in [0.4, 0.5) is 11.4 Å². The maximum absolute atomic E-state index is 5.96. The van der Waals surface area contributed by atoms with E-state index in [9.17, 15) is 0 Å². The molecule has 0 aliphatic rings. The highest BCUT2D eigenvalue weighted by molar-refractivity contribution is 6.00. The zero-order valence-corrected chi connectivity index (χ0v) is 10.5. The molecule has 0 bridgehead atoms. The molecular weight excluding hydrogens is 234 g/mol. The number of rotatable bonds is 3. The summed E-state index contributed by atoms with van der Waals surface area (Å²) < 4.78 is 0. The number of hydrogen-bond acceptors (Lipinski definition) is 3. The van der Waals surface area contributed by atoms with Crippen LogP contribution in [0.25, 0.3) is 10.8 Å². The minimum Gasteiger partial charge on any atom is -0.398 e. The molecule has 3 rings (SSSR count). The Bertz CT molecular complexity index is 693. The first-order valence-electron chi connectivity index (χ1n) is 6.24. The number of anilines is 2. The Labute approximate surface area is 112 Å².